The fraction of sp³-hybridized carbons (Fsp3) is 0.133. The van der Waals surface area contributed by atoms with E-state index in [0.717, 1.165) is 11.6 Å². The lowest BCUT2D eigenvalue weighted by Crippen LogP contribution is -2.42. The van der Waals surface area contributed by atoms with E-state index < -0.39 is 11.8 Å². The van der Waals surface area contributed by atoms with Crippen molar-refractivity contribution in [1.29, 1.82) is 0 Å². The SMILES string of the molecule is COC(=O)c1cc(OCc2ccccc2)c(F)cc1[NH3+]. The van der Waals surface area contributed by atoms with Crippen LogP contribution in [0.15, 0.2) is 42.5 Å². The van der Waals surface area contributed by atoms with Gasteiger partial charge in [-0.05, 0) is 5.56 Å². The lowest BCUT2D eigenvalue weighted by molar-refractivity contribution is -0.255. The van der Waals surface area contributed by atoms with Crippen LogP contribution < -0.4 is 10.5 Å². The Kier molecular flexibility index (Phi) is 4.32. The van der Waals surface area contributed by atoms with Crippen LogP contribution in [0.25, 0.3) is 0 Å². The number of rotatable bonds is 4. The van der Waals surface area contributed by atoms with Crippen LogP contribution in [0.5, 0.6) is 5.75 Å². The Bertz CT molecular complexity index is 614. The van der Waals surface area contributed by atoms with Crippen molar-refractivity contribution in [2.45, 2.75) is 6.61 Å². The molecule has 3 N–H and O–H groups in total. The summed E-state index contributed by atoms with van der Waals surface area (Å²) >= 11 is 0. The number of carbonyl (C=O) groups excluding carboxylic acids is 1. The zero-order valence-corrected chi connectivity index (χ0v) is 11.1. The number of carbonyl (C=O) groups is 1. The summed E-state index contributed by atoms with van der Waals surface area (Å²) in [6.45, 7) is 0.217. The van der Waals surface area contributed by atoms with Gasteiger partial charge in [0, 0.05) is 12.1 Å². The van der Waals surface area contributed by atoms with Crippen molar-refractivity contribution in [3.8, 4) is 5.75 Å². The molecule has 5 heteroatoms. The Morgan fingerprint density at radius 2 is 1.95 bits per heavy atom. The Morgan fingerprint density at radius 3 is 2.60 bits per heavy atom. The van der Waals surface area contributed by atoms with Crippen LogP contribution in [0.3, 0.4) is 0 Å². The largest absolute Gasteiger partial charge is 0.486 e. The van der Waals surface area contributed by atoms with Crippen molar-refractivity contribution in [1.82, 2.24) is 0 Å². The lowest BCUT2D eigenvalue weighted by Gasteiger charge is -2.09. The summed E-state index contributed by atoms with van der Waals surface area (Å²) in [7, 11) is 1.26. The topological polar surface area (TPSA) is 63.2 Å². The summed E-state index contributed by atoms with van der Waals surface area (Å²) in [4.78, 5) is 11.5. The van der Waals surface area contributed by atoms with Gasteiger partial charge < -0.3 is 15.2 Å². The van der Waals surface area contributed by atoms with Crippen LogP contribution in [-0.2, 0) is 11.3 Å². The average Bonchev–Trinajstić information content (AvgIpc) is 2.46. The lowest BCUT2D eigenvalue weighted by atomic mass is 10.1. The van der Waals surface area contributed by atoms with Gasteiger partial charge in [0.2, 0.25) is 0 Å². The van der Waals surface area contributed by atoms with Crippen LogP contribution in [-0.4, -0.2) is 13.1 Å². The van der Waals surface area contributed by atoms with E-state index in [4.69, 9.17) is 4.74 Å². The first kappa shape index (κ1) is 14.0. The van der Waals surface area contributed by atoms with E-state index in [2.05, 4.69) is 10.5 Å². The first-order chi connectivity index (χ1) is 9.61. The second kappa shape index (κ2) is 6.16. The maximum atomic E-state index is 13.8. The van der Waals surface area contributed by atoms with Gasteiger partial charge in [0.25, 0.3) is 0 Å². The molecule has 0 aliphatic heterocycles. The molecule has 0 amide bonds. The number of hydrogen-bond acceptors (Lipinski definition) is 3. The van der Waals surface area contributed by atoms with Crippen LogP contribution in [0.2, 0.25) is 0 Å². The molecule has 0 unspecified atom stereocenters. The molecule has 104 valence electrons. The van der Waals surface area contributed by atoms with Crippen LogP contribution in [0.4, 0.5) is 10.1 Å². The first-order valence-electron chi connectivity index (χ1n) is 6.02. The number of esters is 1. The standard InChI is InChI=1S/C15H14FNO3/c1-19-15(18)11-7-14(12(16)8-13(11)17)20-9-10-5-3-2-4-6-10/h2-8H,9,17H2,1H3/p+1. The molecule has 0 heterocycles. The summed E-state index contributed by atoms with van der Waals surface area (Å²) in [5, 5.41) is 0. The average molecular weight is 276 g/mol. The summed E-state index contributed by atoms with van der Waals surface area (Å²) in [5.41, 5.74) is 4.98. The minimum Gasteiger partial charge on any atom is -0.486 e. The molecule has 0 bridgehead atoms. The quantitative estimate of drug-likeness (QED) is 0.869. The van der Waals surface area contributed by atoms with E-state index in [0.29, 0.717) is 0 Å². The van der Waals surface area contributed by atoms with Gasteiger partial charge in [-0.15, -0.1) is 0 Å². The number of methoxy groups -OCH3 is 1. The molecular weight excluding hydrogens is 261 g/mol. The Hall–Kier alpha value is -2.40. The number of benzene rings is 2. The third-order valence-electron chi connectivity index (χ3n) is 2.80. The zero-order valence-electron chi connectivity index (χ0n) is 11.1. The third-order valence-corrected chi connectivity index (χ3v) is 2.80. The third kappa shape index (κ3) is 3.13. The van der Waals surface area contributed by atoms with Gasteiger partial charge in [-0.1, -0.05) is 30.3 Å². The Labute approximate surface area is 115 Å². The smallest absolute Gasteiger partial charge is 0.344 e. The van der Waals surface area contributed by atoms with Gasteiger partial charge in [0.05, 0.1) is 7.11 Å². The molecule has 0 atom stereocenters. The van der Waals surface area contributed by atoms with Gasteiger partial charge in [0.1, 0.15) is 17.9 Å². The molecule has 4 nitrogen and oxygen atoms in total. The predicted octanol–water partition coefficient (Wildman–Crippen LogP) is 2.06. The molecular formula is C15H15FNO3+. The van der Waals surface area contributed by atoms with E-state index in [1.54, 1.807) is 0 Å². The molecule has 0 spiro atoms. The molecule has 2 aromatic rings. The summed E-state index contributed by atoms with van der Waals surface area (Å²) < 4.78 is 23.8. The molecule has 20 heavy (non-hydrogen) atoms. The highest BCUT2D eigenvalue weighted by Gasteiger charge is 2.18. The second-order valence-corrected chi connectivity index (χ2v) is 4.21. The van der Waals surface area contributed by atoms with Gasteiger partial charge in [-0.2, -0.15) is 0 Å². The molecule has 0 radical (unpaired) electrons. The number of hydrogen-bond donors (Lipinski definition) is 1. The Morgan fingerprint density at radius 1 is 1.25 bits per heavy atom. The normalized spacial score (nSPS) is 10.2. The van der Waals surface area contributed by atoms with Crippen molar-refractivity contribution < 1.29 is 24.4 Å². The van der Waals surface area contributed by atoms with Crippen molar-refractivity contribution in [2.24, 2.45) is 0 Å². The highest BCUT2D eigenvalue weighted by atomic mass is 19.1. The molecule has 0 fully saturated rings. The van der Waals surface area contributed by atoms with Crippen LogP contribution >= 0.6 is 0 Å². The number of halogens is 1. The zero-order chi connectivity index (χ0) is 14.5. The molecule has 0 aliphatic rings. The van der Waals surface area contributed by atoms with E-state index in [1.165, 1.54) is 13.2 Å². The molecule has 0 saturated heterocycles. The van der Waals surface area contributed by atoms with Crippen molar-refractivity contribution in [3.05, 3.63) is 59.4 Å². The van der Waals surface area contributed by atoms with Crippen molar-refractivity contribution in [3.63, 3.8) is 0 Å². The fourth-order valence-electron chi connectivity index (χ4n) is 1.74. The van der Waals surface area contributed by atoms with Crippen LogP contribution in [0, 0.1) is 5.82 Å². The van der Waals surface area contributed by atoms with E-state index in [9.17, 15) is 9.18 Å². The van der Waals surface area contributed by atoms with E-state index >= 15 is 0 Å². The van der Waals surface area contributed by atoms with Gasteiger partial charge in [-0.3, -0.25) is 0 Å². The van der Waals surface area contributed by atoms with Crippen LogP contribution in [0.1, 0.15) is 15.9 Å². The summed E-state index contributed by atoms with van der Waals surface area (Å²) in [6, 6.07) is 11.8. The number of quaternary nitrogens is 1. The Balaban J connectivity index is 2.21. The minimum atomic E-state index is -0.570. The van der Waals surface area contributed by atoms with Gasteiger partial charge >= 0.3 is 5.97 Å². The maximum absolute atomic E-state index is 13.8. The van der Waals surface area contributed by atoms with Gasteiger partial charge in [0.15, 0.2) is 11.6 Å². The second-order valence-electron chi connectivity index (χ2n) is 4.21. The highest BCUT2D eigenvalue weighted by molar-refractivity contribution is 5.94. The fourth-order valence-corrected chi connectivity index (χ4v) is 1.74. The minimum absolute atomic E-state index is 0.00153. The maximum Gasteiger partial charge on any atom is 0.344 e. The first-order valence-corrected chi connectivity index (χ1v) is 6.02. The molecule has 2 aromatic carbocycles. The molecule has 0 aromatic heterocycles. The van der Waals surface area contributed by atoms with E-state index in [-0.39, 0.29) is 23.6 Å². The summed E-state index contributed by atoms with van der Waals surface area (Å²) in [6.07, 6.45) is 0. The molecule has 2 rings (SSSR count). The van der Waals surface area contributed by atoms with Crippen molar-refractivity contribution >= 4 is 11.7 Å². The highest BCUT2D eigenvalue weighted by Crippen LogP contribution is 2.24. The predicted molar refractivity (Wildman–Crippen MR) is 71.1 cm³/mol. The van der Waals surface area contributed by atoms with Gasteiger partial charge in [-0.25, -0.2) is 9.18 Å². The summed E-state index contributed by atoms with van der Waals surface area (Å²) in [5.74, 6) is -1.13. The monoisotopic (exact) mass is 276 g/mol. The molecule has 0 saturated carbocycles. The molecule has 0 aliphatic carbocycles. The number of ether oxygens (including phenoxy) is 2. The van der Waals surface area contributed by atoms with Crippen molar-refractivity contribution in [2.75, 3.05) is 7.11 Å². The van der Waals surface area contributed by atoms with E-state index in [1.807, 2.05) is 30.3 Å².